The molecule has 4 nitrogen and oxygen atoms in total. The smallest absolute Gasteiger partial charge is 0.257 e. The number of hydrogen-bond donors (Lipinski definition) is 2. The molecule has 6 heteroatoms. The predicted molar refractivity (Wildman–Crippen MR) is 106 cm³/mol. The van der Waals surface area contributed by atoms with Crippen molar-refractivity contribution >= 4 is 28.4 Å². The Labute approximate surface area is 162 Å². The van der Waals surface area contributed by atoms with Gasteiger partial charge in [0.15, 0.2) is 6.61 Å². The molecule has 1 heterocycles. The number of hydrogen-bond acceptors (Lipinski definition) is 2. The summed E-state index contributed by atoms with van der Waals surface area (Å²) in [6.45, 7) is 6.08. The molecule has 0 saturated carbocycles. The first-order chi connectivity index (χ1) is 12.9. The van der Waals surface area contributed by atoms with Gasteiger partial charge in [-0.05, 0) is 56.5 Å². The number of halogens is 2. The van der Waals surface area contributed by atoms with Crippen LogP contribution in [0.4, 0.5) is 4.39 Å². The van der Waals surface area contributed by atoms with Crippen molar-refractivity contribution in [1.29, 1.82) is 0 Å². The van der Waals surface area contributed by atoms with E-state index in [2.05, 4.69) is 10.3 Å². The van der Waals surface area contributed by atoms with Gasteiger partial charge in [-0.15, -0.1) is 0 Å². The van der Waals surface area contributed by atoms with Gasteiger partial charge >= 0.3 is 0 Å². The number of benzene rings is 2. The maximum atomic E-state index is 14.0. The highest BCUT2D eigenvalue weighted by Gasteiger charge is 2.14. The zero-order chi connectivity index (χ0) is 19.6. The summed E-state index contributed by atoms with van der Waals surface area (Å²) in [6, 6.07) is 8.58. The molecule has 0 bridgehead atoms. The summed E-state index contributed by atoms with van der Waals surface area (Å²) in [5, 5.41) is 4.34. The monoisotopic (exact) mass is 388 g/mol. The minimum atomic E-state index is -0.265. The first-order valence-corrected chi connectivity index (χ1v) is 9.17. The molecule has 0 atom stereocenters. The number of nitrogens with one attached hydrogen (secondary N) is 2. The van der Waals surface area contributed by atoms with Crippen molar-refractivity contribution in [2.75, 3.05) is 13.2 Å². The van der Waals surface area contributed by atoms with E-state index in [4.69, 9.17) is 16.3 Å². The third-order valence-electron chi connectivity index (χ3n) is 4.70. The molecule has 0 unspecified atom stereocenters. The third kappa shape index (κ3) is 4.08. The average Bonchev–Trinajstić information content (AvgIpc) is 2.97. The lowest BCUT2D eigenvalue weighted by atomic mass is 10.0. The van der Waals surface area contributed by atoms with Crippen molar-refractivity contribution in [1.82, 2.24) is 10.3 Å². The summed E-state index contributed by atoms with van der Waals surface area (Å²) in [7, 11) is 0. The molecule has 0 aliphatic carbocycles. The van der Waals surface area contributed by atoms with Crippen LogP contribution in [-0.2, 0) is 11.2 Å². The zero-order valence-corrected chi connectivity index (χ0v) is 16.3. The van der Waals surface area contributed by atoms with Crippen LogP contribution in [0.25, 0.3) is 10.9 Å². The summed E-state index contributed by atoms with van der Waals surface area (Å²) in [5.41, 5.74) is 4.27. The molecule has 0 spiro atoms. The summed E-state index contributed by atoms with van der Waals surface area (Å²) in [4.78, 5) is 15.2. The first kappa shape index (κ1) is 19.2. The van der Waals surface area contributed by atoms with Gasteiger partial charge in [-0.25, -0.2) is 4.39 Å². The normalized spacial score (nSPS) is 11.0. The number of carbonyl (C=O) groups is 1. The molecule has 2 N–H and O–H groups in total. The lowest BCUT2D eigenvalue weighted by molar-refractivity contribution is -0.123. The number of rotatable bonds is 6. The predicted octanol–water partition coefficient (Wildman–Crippen LogP) is 4.62. The van der Waals surface area contributed by atoms with Crippen molar-refractivity contribution < 1.29 is 13.9 Å². The molecule has 0 aliphatic heterocycles. The van der Waals surface area contributed by atoms with Crippen molar-refractivity contribution in [2.24, 2.45) is 0 Å². The summed E-state index contributed by atoms with van der Waals surface area (Å²) >= 11 is 6.05. The molecule has 3 rings (SSSR count). The van der Waals surface area contributed by atoms with Crippen molar-refractivity contribution in [3.63, 3.8) is 0 Å². The van der Waals surface area contributed by atoms with Gasteiger partial charge in [0.2, 0.25) is 0 Å². The molecule has 1 aromatic heterocycles. The molecule has 142 valence electrons. The second-order valence-corrected chi connectivity index (χ2v) is 7.00. The minimum absolute atomic E-state index is 0.0816. The Hall–Kier alpha value is -2.53. The fourth-order valence-electron chi connectivity index (χ4n) is 3.22. The number of amides is 1. The molecule has 27 heavy (non-hydrogen) atoms. The van der Waals surface area contributed by atoms with E-state index < -0.39 is 0 Å². The Balaban J connectivity index is 1.59. The van der Waals surface area contributed by atoms with Crippen LogP contribution in [0.2, 0.25) is 5.02 Å². The van der Waals surface area contributed by atoms with Gasteiger partial charge in [0.1, 0.15) is 11.6 Å². The molecule has 0 fully saturated rings. The van der Waals surface area contributed by atoms with Crippen molar-refractivity contribution in [3.8, 4) is 5.75 Å². The van der Waals surface area contributed by atoms with E-state index in [1.807, 2.05) is 20.8 Å². The Bertz CT molecular complexity index is 998. The van der Waals surface area contributed by atoms with Crippen LogP contribution >= 0.6 is 11.6 Å². The Morgan fingerprint density at radius 3 is 2.78 bits per heavy atom. The van der Waals surface area contributed by atoms with Gasteiger partial charge in [-0.2, -0.15) is 0 Å². The molecule has 0 radical (unpaired) electrons. The van der Waals surface area contributed by atoms with E-state index in [1.54, 1.807) is 24.3 Å². The van der Waals surface area contributed by atoms with Crippen LogP contribution in [-0.4, -0.2) is 24.0 Å². The zero-order valence-electron chi connectivity index (χ0n) is 15.6. The highest BCUT2D eigenvalue weighted by atomic mass is 35.5. The summed E-state index contributed by atoms with van der Waals surface area (Å²) in [5.74, 6) is 0.116. The largest absolute Gasteiger partial charge is 0.483 e. The maximum absolute atomic E-state index is 14.0. The van der Waals surface area contributed by atoms with E-state index in [0.717, 1.165) is 27.8 Å². The van der Waals surface area contributed by atoms with Gasteiger partial charge in [-0.3, -0.25) is 4.79 Å². The first-order valence-electron chi connectivity index (χ1n) is 8.79. The number of ether oxygens (including phenoxy) is 1. The molecule has 0 saturated heterocycles. The lowest BCUT2D eigenvalue weighted by Gasteiger charge is -2.10. The van der Waals surface area contributed by atoms with Crippen LogP contribution in [0.15, 0.2) is 30.3 Å². The summed E-state index contributed by atoms with van der Waals surface area (Å²) in [6.07, 6.45) is 0.609. The summed E-state index contributed by atoms with van der Waals surface area (Å²) < 4.78 is 19.5. The molecule has 0 aliphatic rings. The number of H-pyrrole nitrogens is 1. The van der Waals surface area contributed by atoms with Gasteiger partial charge in [0.05, 0.1) is 5.52 Å². The highest BCUT2D eigenvalue weighted by molar-refractivity contribution is 6.31. The van der Waals surface area contributed by atoms with E-state index in [0.29, 0.717) is 29.3 Å². The number of carbonyl (C=O) groups excluding carboxylic acids is 1. The highest BCUT2D eigenvalue weighted by Crippen LogP contribution is 2.28. The molecular formula is C21H22ClFN2O2. The van der Waals surface area contributed by atoms with Gasteiger partial charge in [-0.1, -0.05) is 23.7 Å². The number of aryl methyl sites for hydroxylation is 2. The van der Waals surface area contributed by atoms with Gasteiger partial charge in [0, 0.05) is 28.2 Å². The molecular weight excluding hydrogens is 367 g/mol. The second kappa shape index (κ2) is 8.01. The lowest BCUT2D eigenvalue weighted by Crippen LogP contribution is -2.30. The Kier molecular flexibility index (Phi) is 5.71. The number of fused-ring (bicyclic) bond motifs is 1. The van der Waals surface area contributed by atoms with Crippen LogP contribution in [0.1, 0.15) is 22.4 Å². The number of aromatic nitrogens is 1. The fraction of sp³-hybridized carbons (Fsp3) is 0.286. The van der Waals surface area contributed by atoms with E-state index in [9.17, 15) is 9.18 Å². The topological polar surface area (TPSA) is 54.1 Å². The maximum Gasteiger partial charge on any atom is 0.257 e. The molecule has 1 amide bonds. The third-order valence-corrected chi connectivity index (χ3v) is 5.11. The average molecular weight is 389 g/mol. The van der Waals surface area contributed by atoms with Crippen LogP contribution in [0.3, 0.4) is 0 Å². The van der Waals surface area contributed by atoms with Crippen LogP contribution < -0.4 is 10.1 Å². The quantitative estimate of drug-likeness (QED) is 0.647. The molecule has 3 aromatic rings. The van der Waals surface area contributed by atoms with E-state index >= 15 is 0 Å². The van der Waals surface area contributed by atoms with Crippen LogP contribution in [0.5, 0.6) is 5.75 Å². The van der Waals surface area contributed by atoms with E-state index in [-0.39, 0.29) is 18.3 Å². The number of aromatic amines is 1. The van der Waals surface area contributed by atoms with Crippen molar-refractivity contribution in [3.05, 3.63) is 63.6 Å². The second-order valence-electron chi connectivity index (χ2n) is 6.59. The van der Waals surface area contributed by atoms with Gasteiger partial charge in [0.25, 0.3) is 5.91 Å². The minimum Gasteiger partial charge on any atom is -0.483 e. The standard InChI is InChI=1S/C21H22ClFN2O2/c1-12-7-8-17(23)21-20(12)15(14(3)25-21)9-10-24-19(26)11-27-18-6-4-5-16(22)13(18)2/h4-8,25H,9-11H2,1-3H3,(H,24,26). The van der Waals surface area contributed by atoms with E-state index in [1.165, 1.54) is 6.07 Å². The van der Waals surface area contributed by atoms with Gasteiger partial charge < -0.3 is 15.0 Å². The van der Waals surface area contributed by atoms with Crippen molar-refractivity contribution in [2.45, 2.75) is 27.2 Å². The molecule has 2 aromatic carbocycles. The SMILES string of the molecule is Cc1[nH]c2c(F)ccc(C)c2c1CCNC(=O)COc1cccc(Cl)c1C. The fourth-order valence-corrected chi connectivity index (χ4v) is 3.39. The Morgan fingerprint density at radius 2 is 2.00 bits per heavy atom. The Morgan fingerprint density at radius 1 is 1.22 bits per heavy atom. The van der Waals surface area contributed by atoms with Crippen LogP contribution in [0, 0.1) is 26.6 Å².